The third-order valence-corrected chi connectivity index (χ3v) is 2.93. The van der Waals surface area contributed by atoms with Crippen LogP contribution in [0.15, 0.2) is 5.16 Å². The normalized spacial score (nSPS) is 25.4. The summed E-state index contributed by atoms with van der Waals surface area (Å²) in [5.74, 6) is 0.125. The van der Waals surface area contributed by atoms with Crippen LogP contribution in [0, 0.1) is 5.92 Å². The molecule has 100 valence electrons. The number of alkyl halides is 3. The summed E-state index contributed by atoms with van der Waals surface area (Å²) >= 11 is 0. The van der Waals surface area contributed by atoms with Gasteiger partial charge < -0.3 is 10.1 Å². The van der Waals surface area contributed by atoms with Crippen LogP contribution in [0.4, 0.5) is 13.2 Å². The number of halogens is 3. The molecule has 1 N–H and O–H groups in total. The highest BCUT2D eigenvalue weighted by atomic mass is 19.4. The number of hydrogen-bond donors (Lipinski definition) is 1. The van der Waals surface area contributed by atoms with E-state index < -0.39 is 6.36 Å². The summed E-state index contributed by atoms with van der Waals surface area (Å²) in [4.78, 5) is 1.90. The zero-order valence-corrected chi connectivity index (χ0v) is 9.70. The molecule has 1 fully saturated rings. The van der Waals surface area contributed by atoms with Crippen LogP contribution in [0.1, 0.15) is 19.8 Å². The van der Waals surface area contributed by atoms with Gasteiger partial charge in [-0.1, -0.05) is 12.1 Å². The smallest absolute Gasteiger partial charge is 0.411 e. The van der Waals surface area contributed by atoms with Gasteiger partial charge in [0.25, 0.3) is 0 Å². The number of ether oxygens (including phenoxy) is 1. The van der Waals surface area contributed by atoms with Crippen molar-refractivity contribution in [3.63, 3.8) is 0 Å². The first-order chi connectivity index (χ1) is 7.96. The monoisotopic (exact) mass is 254 g/mol. The fraction of sp³-hybridized carbons (Fsp3) is 0.900. The second kappa shape index (κ2) is 6.20. The van der Waals surface area contributed by atoms with E-state index >= 15 is 0 Å². The topological polar surface area (TPSA) is 45.1 Å². The number of nitrogens with zero attached hydrogens (tertiary/aromatic N) is 2. The molecule has 0 spiro atoms. The summed E-state index contributed by atoms with van der Waals surface area (Å²) in [5, 5.41) is 12.0. The van der Waals surface area contributed by atoms with Crippen molar-refractivity contribution >= 4 is 5.71 Å². The summed E-state index contributed by atoms with van der Waals surface area (Å²) in [5.41, 5.74) is 0.737. The van der Waals surface area contributed by atoms with Gasteiger partial charge in [0.1, 0.15) is 0 Å². The fourth-order valence-corrected chi connectivity index (χ4v) is 1.98. The molecule has 7 heteroatoms. The minimum Gasteiger partial charge on any atom is -0.411 e. The zero-order chi connectivity index (χ0) is 12.9. The van der Waals surface area contributed by atoms with Gasteiger partial charge in [-0.3, -0.25) is 4.74 Å². The Labute approximate surface area is 98.0 Å². The van der Waals surface area contributed by atoms with Gasteiger partial charge in [-0.15, -0.1) is 13.2 Å². The van der Waals surface area contributed by atoms with Crippen LogP contribution in [0.25, 0.3) is 0 Å². The van der Waals surface area contributed by atoms with Gasteiger partial charge in [-0.2, -0.15) is 0 Å². The number of likely N-dealkylation sites (tertiary alicyclic amines) is 1. The van der Waals surface area contributed by atoms with Gasteiger partial charge in [0.2, 0.25) is 0 Å². The van der Waals surface area contributed by atoms with Crippen molar-refractivity contribution in [2.24, 2.45) is 11.1 Å². The molecule has 0 aromatic heterocycles. The van der Waals surface area contributed by atoms with Crippen LogP contribution in [-0.2, 0) is 4.74 Å². The van der Waals surface area contributed by atoms with Crippen LogP contribution in [0.2, 0.25) is 0 Å². The summed E-state index contributed by atoms with van der Waals surface area (Å²) < 4.78 is 39.1. The van der Waals surface area contributed by atoms with Gasteiger partial charge in [0.05, 0.1) is 12.3 Å². The summed E-state index contributed by atoms with van der Waals surface area (Å²) in [6.45, 7) is 3.08. The summed E-state index contributed by atoms with van der Waals surface area (Å²) in [6.07, 6.45) is -3.14. The van der Waals surface area contributed by atoms with Gasteiger partial charge in [-0.25, -0.2) is 0 Å². The molecule has 0 aromatic carbocycles. The minimum absolute atomic E-state index is 0.125. The molecule has 0 radical (unpaired) electrons. The third-order valence-electron chi connectivity index (χ3n) is 2.93. The van der Waals surface area contributed by atoms with E-state index in [9.17, 15) is 13.2 Å². The van der Waals surface area contributed by atoms with Crippen LogP contribution in [0.5, 0.6) is 0 Å². The maximum atomic E-state index is 11.8. The maximum Gasteiger partial charge on any atom is 0.522 e. The first kappa shape index (κ1) is 14.2. The molecule has 0 bridgehead atoms. The molecule has 0 saturated carbocycles. The molecule has 1 rings (SSSR count). The Morgan fingerprint density at radius 1 is 1.53 bits per heavy atom. The van der Waals surface area contributed by atoms with Gasteiger partial charge in [0.15, 0.2) is 0 Å². The van der Waals surface area contributed by atoms with E-state index in [0.717, 1.165) is 12.1 Å². The lowest BCUT2D eigenvalue weighted by Crippen LogP contribution is -2.42. The van der Waals surface area contributed by atoms with Gasteiger partial charge in [-0.05, 0) is 6.42 Å². The highest BCUT2D eigenvalue weighted by molar-refractivity contribution is 5.87. The predicted molar refractivity (Wildman–Crippen MR) is 56.1 cm³/mol. The molecule has 0 amide bonds. The first-order valence-electron chi connectivity index (χ1n) is 5.60. The highest BCUT2D eigenvalue weighted by Crippen LogP contribution is 2.19. The standard InChI is InChI=1S/C10H17F3N2O2/c1-2-8-7-15(4-3-9(8)14-16)5-6-17-10(11,12)13/h8,16H,2-7H2,1H3. The number of piperidine rings is 1. The molecule has 1 unspecified atom stereocenters. The lowest BCUT2D eigenvalue weighted by atomic mass is 9.93. The van der Waals surface area contributed by atoms with Crippen LogP contribution >= 0.6 is 0 Å². The molecular weight excluding hydrogens is 237 g/mol. The molecule has 4 nitrogen and oxygen atoms in total. The average Bonchev–Trinajstić information content (AvgIpc) is 2.27. The van der Waals surface area contributed by atoms with E-state index in [2.05, 4.69) is 9.89 Å². The van der Waals surface area contributed by atoms with E-state index in [-0.39, 0.29) is 19.1 Å². The fourth-order valence-electron chi connectivity index (χ4n) is 1.98. The lowest BCUT2D eigenvalue weighted by molar-refractivity contribution is -0.325. The number of oxime groups is 1. The number of rotatable bonds is 4. The second-order valence-electron chi connectivity index (χ2n) is 4.04. The lowest BCUT2D eigenvalue weighted by Gasteiger charge is -2.32. The van der Waals surface area contributed by atoms with Crippen molar-refractivity contribution in [2.75, 3.05) is 26.2 Å². The van der Waals surface area contributed by atoms with Gasteiger partial charge >= 0.3 is 6.36 Å². The average molecular weight is 254 g/mol. The van der Waals surface area contributed by atoms with Crippen molar-refractivity contribution in [3.8, 4) is 0 Å². The minimum atomic E-state index is -4.56. The zero-order valence-electron chi connectivity index (χ0n) is 9.70. The maximum absolute atomic E-state index is 11.8. The van der Waals surface area contributed by atoms with Crippen molar-refractivity contribution in [2.45, 2.75) is 26.1 Å². The molecule has 0 aromatic rings. The van der Waals surface area contributed by atoms with Crippen LogP contribution in [0.3, 0.4) is 0 Å². The number of hydrogen-bond acceptors (Lipinski definition) is 4. The largest absolute Gasteiger partial charge is 0.522 e. The molecule has 1 aliphatic rings. The SMILES string of the molecule is CCC1CN(CCOC(F)(F)F)CCC1=NO. The Bertz CT molecular complexity index is 269. The highest BCUT2D eigenvalue weighted by Gasteiger charge is 2.30. The van der Waals surface area contributed by atoms with Crippen LogP contribution < -0.4 is 0 Å². The van der Waals surface area contributed by atoms with E-state index in [4.69, 9.17) is 5.21 Å². The Morgan fingerprint density at radius 2 is 2.24 bits per heavy atom. The molecule has 1 heterocycles. The Hall–Kier alpha value is -0.820. The van der Waals surface area contributed by atoms with Crippen molar-refractivity contribution < 1.29 is 23.1 Å². The third kappa shape index (κ3) is 4.91. The molecule has 0 aliphatic carbocycles. The van der Waals surface area contributed by atoms with E-state index in [1.165, 1.54) is 0 Å². The molecule has 1 atom stereocenters. The predicted octanol–water partition coefficient (Wildman–Crippen LogP) is 2.08. The van der Waals surface area contributed by atoms with Crippen molar-refractivity contribution in [1.82, 2.24) is 4.90 Å². The first-order valence-corrected chi connectivity index (χ1v) is 5.60. The molecule has 1 saturated heterocycles. The van der Waals surface area contributed by atoms with Crippen molar-refractivity contribution in [3.05, 3.63) is 0 Å². The van der Waals surface area contributed by atoms with E-state index in [0.29, 0.717) is 19.5 Å². The summed E-state index contributed by atoms with van der Waals surface area (Å²) in [6, 6.07) is 0. The molecule has 1 aliphatic heterocycles. The van der Waals surface area contributed by atoms with E-state index in [1.807, 2.05) is 11.8 Å². The Kier molecular flexibility index (Phi) is 5.20. The Balaban J connectivity index is 2.33. The van der Waals surface area contributed by atoms with Crippen molar-refractivity contribution in [1.29, 1.82) is 0 Å². The van der Waals surface area contributed by atoms with Gasteiger partial charge in [0, 0.05) is 32.0 Å². The van der Waals surface area contributed by atoms with E-state index in [1.54, 1.807) is 0 Å². The molecular formula is C10H17F3N2O2. The summed E-state index contributed by atoms with van der Waals surface area (Å²) in [7, 11) is 0. The second-order valence-corrected chi connectivity index (χ2v) is 4.04. The molecule has 17 heavy (non-hydrogen) atoms. The Morgan fingerprint density at radius 3 is 2.76 bits per heavy atom. The quantitative estimate of drug-likeness (QED) is 0.617. The van der Waals surface area contributed by atoms with Crippen LogP contribution in [-0.4, -0.2) is 48.4 Å².